The zero-order valence-electron chi connectivity index (χ0n) is 25.4. The average molecular weight is 571 g/mol. The first-order valence-corrected chi connectivity index (χ1v) is 15.9. The van der Waals surface area contributed by atoms with Crippen LogP contribution < -0.4 is 0 Å². The maximum absolute atomic E-state index is 2.46. The standard InChI is InChI=1S/C45H30/c1-45(2)41-26-32(18-20-37(41)40-23-30-8-3-4-9-31(30)25-42(40)45)34-22-33-10-5-6-13-35(33)39(24-34)36-19-16-29-15-14-27-11-7-12-28-17-21-38(36)44(29)43(27)28/h3-26H,1-2H3. The van der Waals surface area contributed by atoms with Crippen molar-refractivity contribution >= 4 is 53.9 Å². The van der Waals surface area contributed by atoms with E-state index in [4.69, 9.17) is 0 Å². The minimum Gasteiger partial charge on any atom is -0.0616 e. The lowest BCUT2D eigenvalue weighted by Crippen LogP contribution is -2.15. The van der Waals surface area contributed by atoms with E-state index in [0.717, 1.165) is 0 Å². The van der Waals surface area contributed by atoms with Crippen molar-refractivity contribution in [2.45, 2.75) is 19.3 Å². The highest BCUT2D eigenvalue weighted by molar-refractivity contribution is 6.26. The number of benzene rings is 9. The molecule has 0 aliphatic heterocycles. The monoisotopic (exact) mass is 570 g/mol. The van der Waals surface area contributed by atoms with Crippen molar-refractivity contribution in [1.82, 2.24) is 0 Å². The van der Waals surface area contributed by atoms with Gasteiger partial charge in [-0.15, -0.1) is 0 Å². The Labute approximate surface area is 262 Å². The van der Waals surface area contributed by atoms with Crippen LogP contribution in [-0.4, -0.2) is 0 Å². The Hall–Kier alpha value is -5.46. The third-order valence-electron chi connectivity index (χ3n) is 10.6. The summed E-state index contributed by atoms with van der Waals surface area (Å²) in [4.78, 5) is 0. The van der Waals surface area contributed by atoms with Crippen LogP contribution in [0.3, 0.4) is 0 Å². The molecular formula is C45H30. The van der Waals surface area contributed by atoms with Gasteiger partial charge in [0.2, 0.25) is 0 Å². The first-order chi connectivity index (χ1) is 22.0. The quantitative estimate of drug-likeness (QED) is 0.181. The number of rotatable bonds is 2. The van der Waals surface area contributed by atoms with Gasteiger partial charge in [-0.1, -0.05) is 129 Å². The Kier molecular flexibility index (Phi) is 4.88. The van der Waals surface area contributed by atoms with Crippen LogP contribution in [0.1, 0.15) is 25.0 Å². The molecular weight excluding hydrogens is 540 g/mol. The van der Waals surface area contributed by atoms with Gasteiger partial charge in [0.1, 0.15) is 0 Å². The topological polar surface area (TPSA) is 0 Å². The zero-order valence-corrected chi connectivity index (χ0v) is 25.4. The molecule has 0 unspecified atom stereocenters. The Morgan fingerprint density at radius 2 is 0.956 bits per heavy atom. The fourth-order valence-electron chi connectivity index (χ4n) is 8.27. The summed E-state index contributed by atoms with van der Waals surface area (Å²) in [5, 5.41) is 13.1. The SMILES string of the molecule is CC1(C)c2cc(-c3cc(-c4ccc5ccc6cccc7ccc4c5c67)c4ccccc4c3)ccc2-c2cc3ccccc3cc21. The van der Waals surface area contributed by atoms with Crippen molar-refractivity contribution in [3.05, 3.63) is 157 Å². The summed E-state index contributed by atoms with van der Waals surface area (Å²) < 4.78 is 0. The predicted octanol–water partition coefficient (Wildman–Crippen LogP) is 12.5. The lowest BCUT2D eigenvalue weighted by molar-refractivity contribution is 0.661. The molecule has 9 aromatic rings. The predicted molar refractivity (Wildman–Crippen MR) is 194 cm³/mol. The second kappa shape index (κ2) is 8.80. The van der Waals surface area contributed by atoms with Gasteiger partial charge in [0.05, 0.1) is 0 Å². The molecule has 0 nitrogen and oxygen atoms in total. The second-order valence-corrected chi connectivity index (χ2v) is 13.3. The summed E-state index contributed by atoms with van der Waals surface area (Å²) >= 11 is 0. The smallest absolute Gasteiger partial charge is 0.0159 e. The van der Waals surface area contributed by atoms with E-state index in [9.17, 15) is 0 Å². The lowest BCUT2D eigenvalue weighted by Gasteiger charge is -2.22. The molecule has 210 valence electrons. The third-order valence-corrected chi connectivity index (χ3v) is 10.6. The third kappa shape index (κ3) is 3.43. The van der Waals surface area contributed by atoms with Gasteiger partial charge in [-0.3, -0.25) is 0 Å². The Morgan fingerprint density at radius 3 is 1.78 bits per heavy atom. The molecule has 0 bridgehead atoms. The van der Waals surface area contributed by atoms with Gasteiger partial charge in [-0.05, 0) is 129 Å². The normalized spacial score (nSPS) is 13.7. The molecule has 0 heteroatoms. The van der Waals surface area contributed by atoms with E-state index in [1.165, 1.54) is 98.4 Å². The molecule has 10 rings (SSSR count). The summed E-state index contributed by atoms with van der Waals surface area (Å²) in [6.45, 7) is 4.76. The van der Waals surface area contributed by atoms with Crippen LogP contribution in [0.4, 0.5) is 0 Å². The Bertz CT molecular complexity index is 2650. The summed E-state index contributed by atoms with van der Waals surface area (Å²) in [5.41, 5.74) is 10.6. The average Bonchev–Trinajstić information content (AvgIpc) is 3.30. The van der Waals surface area contributed by atoms with Crippen molar-refractivity contribution in [3.63, 3.8) is 0 Å². The van der Waals surface area contributed by atoms with Crippen molar-refractivity contribution in [3.8, 4) is 33.4 Å². The highest BCUT2D eigenvalue weighted by atomic mass is 14.4. The molecule has 0 saturated carbocycles. The fourth-order valence-corrected chi connectivity index (χ4v) is 8.27. The first kappa shape index (κ1) is 24.9. The van der Waals surface area contributed by atoms with Crippen molar-refractivity contribution < 1.29 is 0 Å². The molecule has 0 N–H and O–H groups in total. The fraction of sp³-hybridized carbons (Fsp3) is 0.0667. The molecule has 0 amide bonds. The molecule has 0 fully saturated rings. The molecule has 0 saturated heterocycles. The van der Waals surface area contributed by atoms with Crippen LogP contribution in [0.5, 0.6) is 0 Å². The molecule has 1 aliphatic rings. The van der Waals surface area contributed by atoms with E-state index in [1.54, 1.807) is 0 Å². The van der Waals surface area contributed by atoms with Gasteiger partial charge in [0.25, 0.3) is 0 Å². The minimum atomic E-state index is -0.0730. The molecule has 9 aromatic carbocycles. The van der Waals surface area contributed by atoms with Gasteiger partial charge in [0.15, 0.2) is 0 Å². The van der Waals surface area contributed by atoms with Crippen molar-refractivity contribution in [1.29, 1.82) is 0 Å². The van der Waals surface area contributed by atoms with Gasteiger partial charge < -0.3 is 0 Å². The highest BCUT2D eigenvalue weighted by Gasteiger charge is 2.36. The molecule has 45 heavy (non-hydrogen) atoms. The summed E-state index contributed by atoms with van der Waals surface area (Å²) in [5.74, 6) is 0. The van der Waals surface area contributed by atoms with Crippen LogP contribution in [0.2, 0.25) is 0 Å². The van der Waals surface area contributed by atoms with E-state index >= 15 is 0 Å². The van der Waals surface area contributed by atoms with Gasteiger partial charge in [-0.25, -0.2) is 0 Å². The number of hydrogen-bond acceptors (Lipinski definition) is 0. The summed E-state index contributed by atoms with van der Waals surface area (Å²) in [6.07, 6.45) is 0. The van der Waals surface area contributed by atoms with Crippen LogP contribution in [-0.2, 0) is 5.41 Å². The van der Waals surface area contributed by atoms with Gasteiger partial charge in [-0.2, -0.15) is 0 Å². The maximum Gasteiger partial charge on any atom is 0.0159 e. The van der Waals surface area contributed by atoms with Crippen molar-refractivity contribution in [2.75, 3.05) is 0 Å². The number of fused-ring (bicyclic) bond motifs is 5. The van der Waals surface area contributed by atoms with Crippen LogP contribution in [0.15, 0.2) is 146 Å². The Morgan fingerprint density at radius 1 is 0.333 bits per heavy atom. The second-order valence-electron chi connectivity index (χ2n) is 13.3. The summed E-state index contributed by atoms with van der Waals surface area (Å²) in [6, 6.07) is 54.8. The highest BCUT2D eigenvalue weighted by Crippen LogP contribution is 2.51. The largest absolute Gasteiger partial charge is 0.0616 e. The zero-order chi connectivity index (χ0) is 29.9. The van der Waals surface area contributed by atoms with Crippen LogP contribution in [0.25, 0.3) is 87.2 Å². The molecule has 0 radical (unpaired) electrons. The maximum atomic E-state index is 2.46. The van der Waals surface area contributed by atoms with Crippen molar-refractivity contribution in [2.24, 2.45) is 0 Å². The molecule has 1 aliphatic carbocycles. The van der Waals surface area contributed by atoms with E-state index in [1.807, 2.05) is 0 Å². The molecule has 0 spiro atoms. The van der Waals surface area contributed by atoms with E-state index in [2.05, 4.69) is 159 Å². The molecule has 0 heterocycles. The Balaban J connectivity index is 1.20. The van der Waals surface area contributed by atoms with Crippen LogP contribution in [0, 0.1) is 0 Å². The van der Waals surface area contributed by atoms with E-state index in [0.29, 0.717) is 0 Å². The van der Waals surface area contributed by atoms with E-state index < -0.39 is 0 Å². The minimum absolute atomic E-state index is 0.0730. The van der Waals surface area contributed by atoms with E-state index in [-0.39, 0.29) is 5.41 Å². The van der Waals surface area contributed by atoms with Gasteiger partial charge >= 0.3 is 0 Å². The van der Waals surface area contributed by atoms with Gasteiger partial charge in [0, 0.05) is 5.41 Å². The molecule has 0 aromatic heterocycles. The lowest BCUT2D eigenvalue weighted by atomic mass is 9.81. The summed E-state index contributed by atoms with van der Waals surface area (Å²) in [7, 11) is 0. The van der Waals surface area contributed by atoms with Crippen LogP contribution >= 0.6 is 0 Å². The number of hydrogen-bond donors (Lipinski definition) is 0. The first-order valence-electron chi connectivity index (χ1n) is 15.9. The molecule has 0 atom stereocenters.